The molecule has 0 aliphatic rings. The minimum atomic E-state index is 0.821. The lowest BCUT2D eigenvalue weighted by Crippen LogP contribution is -2.22. The fourth-order valence-electron chi connectivity index (χ4n) is 1.39. The van der Waals surface area contributed by atoms with Crippen LogP contribution in [0.1, 0.15) is 13.3 Å². The van der Waals surface area contributed by atoms with Gasteiger partial charge >= 0.3 is 0 Å². The highest BCUT2D eigenvalue weighted by molar-refractivity contribution is 7.98. The molecule has 1 N–H and O–H groups in total. The van der Waals surface area contributed by atoms with E-state index in [0.717, 1.165) is 42.1 Å². The van der Waals surface area contributed by atoms with Gasteiger partial charge in [-0.05, 0) is 18.9 Å². The van der Waals surface area contributed by atoms with E-state index in [1.54, 1.807) is 11.8 Å². The minimum absolute atomic E-state index is 0.821. The van der Waals surface area contributed by atoms with E-state index in [4.69, 9.17) is 0 Å². The third-order valence-corrected chi connectivity index (χ3v) is 3.59. The van der Waals surface area contributed by atoms with Crippen molar-refractivity contribution < 1.29 is 0 Å². The highest BCUT2D eigenvalue weighted by Crippen LogP contribution is 2.19. The van der Waals surface area contributed by atoms with Crippen molar-refractivity contribution in [1.29, 1.82) is 0 Å². The van der Waals surface area contributed by atoms with Crippen LogP contribution < -0.4 is 10.2 Å². The van der Waals surface area contributed by atoms with Gasteiger partial charge in [0.15, 0.2) is 5.16 Å². The molecule has 0 atom stereocenters. The highest BCUT2D eigenvalue weighted by atomic mass is 32.2. The van der Waals surface area contributed by atoms with Gasteiger partial charge in [0.2, 0.25) is 0 Å². The molecule has 6 heteroatoms. The lowest BCUT2D eigenvalue weighted by Gasteiger charge is -2.19. The van der Waals surface area contributed by atoms with Crippen molar-refractivity contribution >= 4 is 35.2 Å². The van der Waals surface area contributed by atoms with Gasteiger partial charge in [0.05, 0.1) is 0 Å². The summed E-state index contributed by atoms with van der Waals surface area (Å²) in [5, 5.41) is 4.15. The number of thioether (sulfide) groups is 2. The van der Waals surface area contributed by atoms with E-state index >= 15 is 0 Å². The van der Waals surface area contributed by atoms with Crippen molar-refractivity contribution in [3.8, 4) is 0 Å². The van der Waals surface area contributed by atoms with E-state index in [2.05, 4.69) is 40.4 Å². The first-order valence-electron chi connectivity index (χ1n) is 6.08. The normalized spacial score (nSPS) is 10.4. The van der Waals surface area contributed by atoms with Crippen LogP contribution in [0.2, 0.25) is 0 Å². The molecule has 102 valence electrons. The monoisotopic (exact) mass is 286 g/mol. The van der Waals surface area contributed by atoms with Crippen LogP contribution in [0.15, 0.2) is 11.2 Å². The Balaban J connectivity index is 2.81. The zero-order valence-electron chi connectivity index (χ0n) is 11.6. The summed E-state index contributed by atoms with van der Waals surface area (Å²) in [6.07, 6.45) is 5.22. The van der Waals surface area contributed by atoms with Gasteiger partial charge in [0, 0.05) is 32.0 Å². The smallest absolute Gasteiger partial charge is 0.191 e. The van der Waals surface area contributed by atoms with Gasteiger partial charge in [-0.15, -0.1) is 0 Å². The van der Waals surface area contributed by atoms with Gasteiger partial charge in [-0.2, -0.15) is 11.8 Å². The van der Waals surface area contributed by atoms with Gasteiger partial charge in [0.1, 0.15) is 11.6 Å². The Morgan fingerprint density at radius 3 is 2.72 bits per heavy atom. The van der Waals surface area contributed by atoms with Crippen LogP contribution >= 0.6 is 23.5 Å². The SMILES string of the molecule is CCCNc1cc(N(C)CCSC)nc(SC)n1. The number of rotatable bonds is 8. The van der Waals surface area contributed by atoms with Crippen LogP contribution in [0.4, 0.5) is 11.6 Å². The predicted molar refractivity (Wildman–Crippen MR) is 84.2 cm³/mol. The lowest BCUT2D eigenvalue weighted by atomic mass is 10.4. The molecule has 0 aromatic carbocycles. The van der Waals surface area contributed by atoms with Gasteiger partial charge in [-0.1, -0.05) is 18.7 Å². The van der Waals surface area contributed by atoms with E-state index in [9.17, 15) is 0 Å². The molecule has 0 bridgehead atoms. The van der Waals surface area contributed by atoms with Crippen LogP contribution in [0.5, 0.6) is 0 Å². The van der Waals surface area contributed by atoms with Crippen LogP contribution in [0.3, 0.4) is 0 Å². The first-order chi connectivity index (χ1) is 8.71. The average molecular weight is 286 g/mol. The quantitative estimate of drug-likeness (QED) is 0.585. The maximum absolute atomic E-state index is 4.54. The average Bonchev–Trinajstić information content (AvgIpc) is 2.41. The third-order valence-electron chi connectivity index (χ3n) is 2.45. The van der Waals surface area contributed by atoms with Crippen molar-refractivity contribution in [2.75, 3.05) is 48.6 Å². The Morgan fingerprint density at radius 1 is 1.33 bits per heavy atom. The molecule has 4 nitrogen and oxygen atoms in total. The topological polar surface area (TPSA) is 41.0 Å². The molecular formula is C12H22N4S2. The summed E-state index contributed by atoms with van der Waals surface area (Å²) < 4.78 is 0. The first-order valence-corrected chi connectivity index (χ1v) is 8.70. The summed E-state index contributed by atoms with van der Waals surface area (Å²) in [4.78, 5) is 11.2. The molecule has 0 saturated carbocycles. The first kappa shape index (κ1) is 15.4. The van der Waals surface area contributed by atoms with E-state index < -0.39 is 0 Å². The highest BCUT2D eigenvalue weighted by Gasteiger charge is 2.07. The number of nitrogens with one attached hydrogen (secondary N) is 1. The molecule has 0 aliphatic carbocycles. The summed E-state index contributed by atoms with van der Waals surface area (Å²) >= 11 is 3.42. The summed E-state index contributed by atoms with van der Waals surface area (Å²) in [5.74, 6) is 3.01. The fourth-order valence-corrected chi connectivity index (χ4v) is 2.22. The molecule has 0 fully saturated rings. The Bertz CT molecular complexity index is 360. The largest absolute Gasteiger partial charge is 0.370 e. The van der Waals surface area contributed by atoms with E-state index in [-0.39, 0.29) is 0 Å². The third kappa shape index (κ3) is 4.94. The summed E-state index contributed by atoms with van der Waals surface area (Å²) in [5.41, 5.74) is 0. The van der Waals surface area contributed by atoms with Gasteiger partial charge in [0.25, 0.3) is 0 Å². The molecule has 1 aromatic heterocycles. The van der Waals surface area contributed by atoms with Crippen LogP contribution in [-0.4, -0.2) is 48.4 Å². The molecule has 0 radical (unpaired) electrons. The van der Waals surface area contributed by atoms with E-state index in [1.165, 1.54) is 0 Å². The zero-order chi connectivity index (χ0) is 13.4. The number of hydrogen-bond acceptors (Lipinski definition) is 6. The second-order valence-electron chi connectivity index (χ2n) is 3.94. The molecule has 1 rings (SSSR count). The molecule has 0 unspecified atom stereocenters. The van der Waals surface area contributed by atoms with Gasteiger partial charge in [-0.3, -0.25) is 0 Å². The standard InChI is InChI=1S/C12H22N4S2/c1-5-6-13-10-9-11(15-12(14-10)18-4)16(2)7-8-17-3/h9H,5-8H2,1-4H3,(H,13,14,15). The van der Waals surface area contributed by atoms with Crippen LogP contribution in [0, 0.1) is 0 Å². The van der Waals surface area contributed by atoms with Gasteiger partial charge in [-0.25, -0.2) is 9.97 Å². The summed E-state index contributed by atoms with van der Waals surface area (Å²) in [6.45, 7) is 4.09. The van der Waals surface area contributed by atoms with Crippen molar-refractivity contribution in [3.63, 3.8) is 0 Å². The molecule has 0 amide bonds. The van der Waals surface area contributed by atoms with Crippen LogP contribution in [-0.2, 0) is 0 Å². The Morgan fingerprint density at radius 2 is 2.11 bits per heavy atom. The number of anilines is 2. The van der Waals surface area contributed by atoms with Crippen molar-refractivity contribution in [3.05, 3.63) is 6.07 Å². The number of hydrogen-bond donors (Lipinski definition) is 1. The second-order valence-corrected chi connectivity index (χ2v) is 5.70. The molecule has 1 aromatic rings. The van der Waals surface area contributed by atoms with Crippen LogP contribution in [0.25, 0.3) is 0 Å². The Labute approximate surface area is 118 Å². The fraction of sp³-hybridized carbons (Fsp3) is 0.667. The van der Waals surface area contributed by atoms with E-state index in [1.807, 2.05) is 24.1 Å². The van der Waals surface area contributed by atoms with Crippen molar-refractivity contribution in [2.45, 2.75) is 18.5 Å². The lowest BCUT2D eigenvalue weighted by molar-refractivity contribution is 0.878. The van der Waals surface area contributed by atoms with Gasteiger partial charge < -0.3 is 10.2 Å². The molecule has 0 saturated heterocycles. The van der Waals surface area contributed by atoms with E-state index in [0.29, 0.717) is 0 Å². The molecule has 0 aliphatic heterocycles. The minimum Gasteiger partial charge on any atom is -0.370 e. The van der Waals surface area contributed by atoms with Crippen molar-refractivity contribution in [2.24, 2.45) is 0 Å². The maximum Gasteiger partial charge on any atom is 0.191 e. The summed E-state index contributed by atoms with van der Waals surface area (Å²) in [7, 11) is 2.08. The molecule has 0 spiro atoms. The summed E-state index contributed by atoms with van der Waals surface area (Å²) in [6, 6.07) is 2.02. The number of nitrogens with zero attached hydrogens (tertiary/aromatic N) is 3. The molecule has 1 heterocycles. The molecule has 18 heavy (non-hydrogen) atoms. The predicted octanol–water partition coefficient (Wildman–Crippen LogP) is 2.82. The Kier molecular flexibility index (Phi) is 7.27. The Hall–Kier alpha value is -0.620. The maximum atomic E-state index is 4.54. The zero-order valence-corrected chi connectivity index (χ0v) is 13.2. The van der Waals surface area contributed by atoms with Crippen molar-refractivity contribution in [1.82, 2.24) is 9.97 Å². The molecular weight excluding hydrogens is 264 g/mol. The number of aromatic nitrogens is 2. The second kappa shape index (κ2) is 8.48.